The summed E-state index contributed by atoms with van der Waals surface area (Å²) in [5.41, 5.74) is 2.37. The molecule has 0 N–H and O–H groups in total. The minimum atomic E-state index is 0.347. The first-order valence-electron chi connectivity index (χ1n) is 7.62. The molecule has 0 saturated heterocycles. The smallest absolute Gasteiger partial charge is 0.220 e. The molecule has 0 bridgehead atoms. The normalized spacial score (nSPS) is 15.2. The zero-order chi connectivity index (χ0) is 17.2. The standard InChI is InChI=1S/C20H12BrNO3/c21-14-7-8-16-15(12-14)19-20(25-16)17(10-11-23)24-18(22-19)9-6-13-4-2-1-3-5-13/h1-12H/b9-6+,17-10-. The first-order chi connectivity index (χ1) is 12.2. The number of carbonyl (C=O) groups excluding carboxylic acids is 1. The highest BCUT2D eigenvalue weighted by Crippen LogP contribution is 2.41. The maximum atomic E-state index is 11.0. The van der Waals surface area contributed by atoms with E-state index in [1.54, 1.807) is 6.08 Å². The van der Waals surface area contributed by atoms with E-state index in [4.69, 9.17) is 9.15 Å². The van der Waals surface area contributed by atoms with E-state index in [1.807, 2.05) is 54.6 Å². The molecule has 3 aromatic rings. The molecule has 0 atom stereocenters. The van der Waals surface area contributed by atoms with E-state index < -0.39 is 0 Å². The fourth-order valence-corrected chi connectivity index (χ4v) is 2.96. The lowest BCUT2D eigenvalue weighted by atomic mass is 10.2. The molecule has 0 aliphatic carbocycles. The number of aldehydes is 1. The van der Waals surface area contributed by atoms with Gasteiger partial charge in [0, 0.05) is 22.0 Å². The predicted octanol–water partition coefficient (Wildman–Crippen LogP) is 5.51. The monoisotopic (exact) mass is 393 g/mol. The van der Waals surface area contributed by atoms with Crippen LogP contribution >= 0.6 is 15.9 Å². The van der Waals surface area contributed by atoms with Gasteiger partial charge in [0.05, 0.1) is 0 Å². The van der Waals surface area contributed by atoms with Gasteiger partial charge >= 0.3 is 0 Å². The minimum Gasteiger partial charge on any atom is -0.450 e. The van der Waals surface area contributed by atoms with Crippen LogP contribution < -0.4 is 0 Å². The number of rotatable bonds is 3. The van der Waals surface area contributed by atoms with Crippen molar-refractivity contribution in [1.29, 1.82) is 0 Å². The van der Waals surface area contributed by atoms with Gasteiger partial charge in [-0.1, -0.05) is 46.3 Å². The molecule has 122 valence electrons. The van der Waals surface area contributed by atoms with Gasteiger partial charge in [-0.25, -0.2) is 4.99 Å². The lowest BCUT2D eigenvalue weighted by Gasteiger charge is -2.13. The summed E-state index contributed by atoms with van der Waals surface area (Å²) in [6.45, 7) is 0. The van der Waals surface area contributed by atoms with Crippen LogP contribution in [0, 0.1) is 0 Å². The number of fused-ring (bicyclic) bond motifs is 3. The first kappa shape index (κ1) is 15.6. The van der Waals surface area contributed by atoms with Crippen LogP contribution in [-0.4, -0.2) is 12.2 Å². The maximum Gasteiger partial charge on any atom is 0.220 e. The minimum absolute atomic E-state index is 0.347. The van der Waals surface area contributed by atoms with Gasteiger partial charge in [-0.15, -0.1) is 0 Å². The third kappa shape index (κ3) is 3.06. The Morgan fingerprint density at radius 2 is 1.88 bits per heavy atom. The van der Waals surface area contributed by atoms with Crippen molar-refractivity contribution >= 4 is 56.6 Å². The van der Waals surface area contributed by atoms with E-state index in [2.05, 4.69) is 20.9 Å². The Morgan fingerprint density at radius 1 is 1.04 bits per heavy atom. The molecule has 25 heavy (non-hydrogen) atoms. The highest BCUT2D eigenvalue weighted by molar-refractivity contribution is 9.10. The zero-order valence-electron chi connectivity index (χ0n) is 13.0. The van der Waals surface area contributed by atoms with Gasteiger partial charge in [0.2, 0.25) is 5.90 Å². The third-order valence-corrected chi connectivity index (χ3v) is 4.21. The van der Waals surface area contributed by atoms with Gasteiger partial charge < -0.3 is 9.15 Å². The van der Waals surface area contributed by atoms with Crippen LogP contribution in [0.1, 0.15) is 11.3 Å². The van der Waals surface area contributed by atoms with Crippen LogP contribution in [0.5, 0.6) is 0 Å². The van der Waals surface area contributed by atoms with E-state index >= 15 is 0 Å². The largest absolute Gasteiger partial charge is 0.450 e. The second-order valence-electron chi connectivity index (χ2n) is 5.38. The van der Waals surface area contributed by atoms with E-state index in [0.717, 1.165) is 15.4 Å². The molecule has 2 heterocycles. The summed E-state index contributed by atoms with van der Waals surface area (Å²) in [4.78, 5) is 15.5. The first-order valence-corrected chi connectivity index (χ1v) is 8.41. The van der Waals surface area contributed by atoms with Crippen molar-refractivity contribution in [3.05, 3.63) is 76.5 Å². The molecular weight excluding hydrogens is 382 g/mol. The molecular formula is C20H12BrNO3. The van der Waals surface area contributed by atoms with Crippen molar-refractivity contribution in [2.45, 2.75) is 0 Å². The Bertz CT molecular complexity index is 1050. The van der Waals surface area contributed by atoms with Crippen molar-refractivity contribution in [2.24, 2.45) is 4.99 Å². The number of allylic oxidation sites excluding steroid dienone is 1. The molecule has 0 unspecified atom stereocenters. The van der Waals surface area contributed by atoms with Crippen molar-refractivity contribution in [2.75, 3.05) is 0 Å². The zero-order valence-corrected chi connectivity index (χ0v) is 14.6. The summed E-state index contributed by atoms with van der Waals surface area (Å²) >= 11 is 3.46. The molecule has 4 rings (SSSR count). The molecule has 0 fully saturated rings. The Morgan fingerprint density at radius 3 is 2.68 bits per heavy atom. The number of ether oxygens (including phenoxy) is 1. The summed E-state index contributed by atoms with van der Waals surface area (Å²) in [6, 6.07) is 15.5. The molecule has 1 aliphatic rings. The summed E-state index contributed by atoms with van der Waals surface area (Å²) in [5.74, 6) is 1.20. The van der Waals surface area contributed by atoms with Crippen molar-refractivity contribution < 1.29 is 13.9 Å². The number of nitrogens with zero attached hydrogens (tertiary/aromatic N) is 1. The number of furan rings is 1. The average Bonchev–Trinajstić information content (AvgIpc) is 2.99. The van der Waals surface area contributed by atoms with Gasteiger partial charge in [-0.2, -0.15) is 0 Å². The lowest BCUT2D eigenvalue weighted by molar-refractivity contribution is -0.104. The molecule has 0 saturated carbocycles. The molecule has 0 spiro atoms. The topological polar surface area (TPSA) is 51.8 Å². The Hall–Kier alpha value is -2.92. The summed E-state index contributed by atoms with van der Waals surface area (Å²) < 4.78 is 12.5. The van der Waals surface area contributed by atoms with E-state index in [1.165, 1.54) is 6.08 Å². The Labute approximate surface area is 152 Å². The van der Waals surface area contributed by atoms with Gasteiger partial charge in [0.15, 0.2) is 11.5 Å². The number of hydrogen-bond acceptors (Lipinski definition) is 4. The molecule has 0 amide bonds. The van der Waals surface area contributed by atoms with Crippen LogP contribution in [0.25, 0.3) is 22.8 Å². The fourth-order valence-electron chi connectivity index (χ4n) is 2.60. The SMILES string of the molecule is O=C/C=C1\OC(/C=C/c2ccccc2)=Nc2c1oc1ccc(Br)cc21. The molecule has 4 nitrogen and oxygen atoms in total. The molecule has 1 aromatic heterocycles. The molecule has 0 radical (unpaired) electrons. The highest BCUT2D eigenvalue weighted by Gasteiger charge is 2.24. The van der Waals surface area contributed by atoms with Crippen LogP contribution in [0.3, 0.4) is 0 Å². The van der Waals surface area contributed by atoms with Gasteiger partial charge in [0.1, 0.15) is 17.6 Å². The summed E-state index contributed by atoms with van der Waals surface area (Å²) in [6.07, 6.45) is 5.68. The quantitative estimate of drug-likeness (QED) is 0.435. The highest BCUT2D eigenvalue weighted by atomic mass is 79.9. The fraction of sp³-hybridized carbons (Fsp3) is 0. The molecule has 5 heteroatoms. The number of halogens is 1. The van der Waals surface area contributed by atoms with Gasteiger partial charge in [0.25, 0.3) is 0 Å². The van der Waals surface area contributed by atoms with Crippen LogP contribution in [0.4, 0.5) is 5.69 Å². The van der Waals surface area contributed by atoms with E-state index in [0.29, 0.717) is 35.0 Å². The number of carbonyl (C=O) groups is 1. The van der Waals surface area contributed by atoms with E-state index in [9.17, 15) is 4.79 Å². The van der Waals surface area contributed by atoms with E-state index in [-0.39, 0.29) is 0 Å². The number of aliphatic imine (C=N–C) groups is 1. The maximum absolute atomic E-state index is 11.0. The van der Waals surface area contributed by atoms with Crippen molar-refractivity contribution in [3.63, 3.8) is 0 Å². The predicted molar refractivity (Wildman–Crippen MR) is 102 cm³/mol. The van der Waals surface area contributed by atoms with Crippen LogP contribution in [0.2, 0.25) is 0 Å². The lowest BCUT2D eigenvalue weighted by Crippen LogP contribution is -2.05. The average molecular weight is 394 g/mol. The summed E-state index contributed by atoms with van der Waals surface area (Å²) in [7, 11) is 0. The number of benzene rings is 2. The number of hydrogen-bond donors (Lipinski definition) is 0. The van der Waals surface area contributed by atoms with Crippen molar-refractivity contribution in [1.82, 2.24) is 0 Å². The van der Waals surface area contributed by atoms with Crippen LogP contribution in [-0.2, 0) is 9.53 Å². The third-order valence-electron chi connectivity index (χ3n) is 3.72. The molecule has 1 aliphatic heterocycles. The summed E-state index contributed by atoms with van der Waals surface area (Å²) in [5, 5.41) is 0.857. The van der Waals surface area contributed by atoms with Crippen LogP contribution in [0.15, 0.2) is 74.6 Å². The Balaban J connectivity index is 1.83. The Kier molecular flexibility index (Phi) is 4.07. The van der Waals surface area contributed by atoms with Crippen molar-refractivity contribution in [3.8, 4) is 0 Å². The molecule has 2 aromatic carbocycles. The van der Waals surface area contributed by atoms with Gasteiger partial charge in [-0.05, 0) is 29.8 Å². The second kappa shape index (κ2) is 6.53. The second-order valence-corrected chi connectivity index (χ2v) is 6.30. The van der Waals surface area contributed by atoms with Gasteiger partial charge in [-0.3, -0.25) is 4.79 Å².